The first-order chi connectivity index (χ1) is 12.1. The molecule has 7 nitrogen and oxygen atoms in total. The average Bonchev–Trinajstić information content (AvgIpc) is 3.23. The summed E-state index contributed by atoms with van der Waals surface area (Å²) in [5.41, 5.74) is 9.34. The standard InChI is InChI=1S/C17H13BrN6O/c1-10-2-4-11(5-3-10)16-20-17(25-22-16)14-15(19)24(23-21-14)13-8-6-12(18)7-9-13/h2-9H,19H2,1H3. The molecule has 2 aromatic carbocycles. The first-order valence-corrected chi connectivity index (χ1v) is 8.29. The van der Waals surface area contributed by atoms with Gasteiger partial charge in [0.1, 0.15) is 0 Å². The van der Waals surface area contributed by atoms with Crippen LogP contribution in [-0.4, -0.2) is 25.1 Å². The third kappa shape index (κ3) is 2.91. The van der Waals surface area contributed by atoms with Gasteiger partial charge in [0.25, 0.3) is 5.89 Å². The Morgan fingerprint density at radius 2 is 1.76 bits per heavy atom. The third-order valence-electron chi connectivity index (χ3n) is 3.71. The van der Waals surface area contributed by atoms with Crippen molar-refractivity contribution in [3.63, 3.8) is 0 Å². The Morgan fingerprint density at radius 1 is 1.04 bits per heavy atom. The van der Waals surface area contributed by atoms with Crippen LogP contribution in [-0.2, 0) is 0 Å². The second-order valence-electron chi connectivity index (χ2n) is 5.50. The quantitative estimate of drug-likeness (QED) is 0.567. The summed E-state index contributed by atoms with van der Waals surface area (Å²) in [5.74, 6) is 1.05. The number of rotatable bonds is 3. The molecule has 0 amide bonds. The van der Waals surface area contributed by atoms with Gasteiger partial charge in [0.2, 0.25) is 5.82 Å². The fraction of sp³-hybridized carbons (Fsp3) is 0.0588. The molecule has 8 heteroatoms. The molecule has 0 radical (unpaired) electrons. The van der Waals surface area contributed by atoms with E-state index in [4.69, 9.17) is 10.3 Å². The van der Waals surface area contributed by atoms with E-state index in [0.717, 1.165) is 21.3 Å². The topological polar surface area (TPSA) is 95.7 Å². The molecule has 0 unspecified atom stereocenters. The lowest BCUT2D eigenvalue weighted by Gasteiger charge is -2.02. The van der Waals surface area contributed by atoms with Crippen molar-refractivity contribution in [3.05, 3.63) is 58.6 Å². The van der Waals surface area contributed by atoms with Crippen LogP contribution in [0.15, 0.2) is 57.5 Å². The molecule has 0 saturated heterocycles. The van der Waals surface area contributed by atoms with E-state index in [-0.39, 0.29) is 5.89 Å². The van der Waals surface area contributed by atoms with Crippen molar-refractivity contribution in [2.24, 2.45) is 0 Å². The molecule has 4 aromatic rings. The van der Waals surface area contributed by atoms with E-state index in [1.54, 1.807) is 0 Å². The summed E-state index contributed by atoms with van der Waals surface area (Å²) in [4.78, 5) is 4.38. The highest BCUT2D eigenvalue weighted by atomic mass is 79.9. The smallest absolute Gasteiger partial charge is 0.282 e. The summed E-state index contributed by atoms with van der Waals surface area (Å²) in [6.07, 6.45) is 0. The van der Waals surface area contributed by atoms with Crippen molar-refractivity contribution in [1.29, 1.82) is 0 Å². The van der Waals surface area contributed by atoms with Crippen LogP contribution in [0.25, 0.3) is 28.7 Å². The molecule has 0 aliphatic heterocycles. The van der Waals surface area contributed by atoms with Gasteiger partial charge in [-0.05, 0) is 31.2 Å². The molecule has 0 spiro atoms. The van der Waals surface area contributed by atoms with E-state index >= 15 is 0 Å². The van der Waals surface area contributed by atoms with Gasteiger partial charge >= 0.3 is 0 Å². The SMILES string of the molecule is Cc1ccc(-c2noc(-c3nnn(-c4ccc(Br)cc4)c3N)n2)cc1. The number of halogens is 1. The zero-order valence-corrected chi connectivity index (χ0v) is 14.8. The lowest BCUT2D eigenvalue weighted by molar-refractivity contribution is 0.431. The highest BCUT2D eigenvalue weighted by molar-refractivity contribution is 9.10. The summed E-state index contributed by atoms with van der Waals surface area (Å²) in [7, 11) is 0. The van der Waals surface area contributed by atoms with Gasteiger partial charge in [-0.15, -0.1) is 5.10 Å². The Bertz CT molecular complexity index is 1020. The predicted octanol–water partition coefficient (Wildman–Crippen LogP) is 3.64. The molecule has 0 saturated carbocycles. The molecule has 124 valence electrons. The van der Waals surface area contributed by atoms with Gasteiger partial charge in [-0.25, -0.2) is 0 Å². The molecular weight excluding hydrogens is 384 g/mol. The Labute approximate surface area is 151 Å². The maximum atomic E-state index is 6.17. The van der Waals surface area contributed by atoms with E-state index in [0.29, 0.717) is 17.3 Å². The summed E-state index contributed by atoms with van der Waals surface area (Å²) in [6, 6.07) is 15.4. The van der Waals surface area contributed by atoms with E-state index in [9.17, 15) is 0 Å². The van der Waals surface area contributed by atoms with Gasteiger partial charge in [0.05, 0.1) is 5.69 Å². The van der Waals surface area contributed by atoms with Crippen LogP contribution >= 0.6 is 15.9 Å². The number of hydrogen-bond donors (Lipinski definition) is 1. The minimum Gasteiger partial charge on any atom is -0.382 e. The molecule has 4 rings (SSSR count). The minimum absolute atomic E-state index is 0.233. The number of benzene rings is 2. The van der Waals surface area contributed by atoms with E-state index in [1.807, 2.05) is 55.5 Å². The molecule has 0 aliphatic rings. The van der Waals surface area contributed by atoms with Crippen molar-refractivity contribution in [1.82, 2.24) is 25.1 Å². The van der Waals surface area contributed by atoms with Crippen LogP contribution < -0.4 is 5.73 Å². The third-order valence-corrected chi connectivity index (χ3v) is 4.24. The average molecular weight is 397 g/mol. The lowest BCUT2D eigenvalue weighted by atomic mass is 10.1. The molecular formula is C17H13BrN6O. The maximum absolute atomic E-state index is 6.17. The van der Waals surface area contributed by atoms with Crippen molar-refractivity contribution < 1.29 is 4.52 Å². The predicted molar refractivity (Wildman–Crippen MR) is 96.9 cm³/mol. The molecule has 2 N–H and O–H groups in total. The molecule has 0 atom stereocenters. The van der Waals surface area contributed by atoms with Crippen LogP contribution in [0.2, 0.25) is 0 Å². The largest absolute Gasteiger partial charge is 0.382 e. The zero-order chi connectivity index (χ0) is 17.4. The molecule has 2 heterocycles. The Hall–Kier alpha value is -3.00. The van der Waals surface area contributed by atoms with Crippen LogP contribution in [0.5, 0.6) is 0 Å². The van der Waals surface area contributed by atoms with Crippen LogP contribution in [0.3, 0.4) is 0 Å². The van der Waals surface area contributed by atoms with E-state index in [1.165, 1.54) is 4.68 Å². The van der Waals surface area contributed by atoms with E-state index in [2.05, 4.69) is 36.4 Å². The zero-order valence-electron chi connectivity index (χ0n) is 13.2. The van der Waals surface area contributed by atoms with Crippen LogP contribution in [0.4, 0.5) is 5.82 Å². The number of nitrogen functional groups attached to an aromatic ring is 1. The number of hydrogen-bond acceptors (Lipinski definition) is 6. The van der Waals surface area contributed by atoms with Gasteiger partial charge < -0.3 is 10.3 Å². The summed E-state index contributed by atoms with van der Waals surface area (Å²) >= 11 is 3.40. The van der Waals surface area contributed by atoms with Gasteiger partial charge in [-0.1, -0.05) is 56.1 Å². The van der Waals surface area contributed by atoms with Crippen LogP contribution in [0, 0.1) is 6.92 Å². The summed E-state index contributed by atoms with van der Waals surface area (Å²) < 4.78 is 7.81. The fourth-order valence-corrected chi connectivity index (χ4v) is 2.62. The highest BCUT2D eigenvalue weighted by Gasteiger charge is 2.19. The molecule has 0 bridgehead atoms. The minimum atomic E-state index is 0.233. The van der Waals surface area contributed by atoms with E-state index < -0.39 is 0 Å². The van der Waals surface area contributed by atoms with Gasteiger partial charge in [0.15, 0.2) is 11.5 Å². The number of aryl methyl sites for hydroxylation is 1. The second-order valence-corrected chi connectivity index (χ2v) is 6.42. The number of aromatic nitrogens is 5. The maximum Gasteiger partial charge on any atom is 0.282 e. The van der Waals surface area contributed by atoms with Crippen molar-refractivity contribution in [2.75, 3.05) is 5.73 Å². The molecule has 2 aromatic heterocycles. The van der Waals surface area contributed by atoms with Crippen molar-refractivity contribution in [2.45, 2.75) is 6.92 Å². The normalized spacial score (nSPS) is 11.0. The van der Waals surface area contributed by atoms with Gasteiger partial charge in [0, 0.05) is 10.0 Å². The monoisotopic (exact) mass is 396 g/mol. The van der Waals surface area contributed by atoms with Crippen LogP contribution in [0.1, 0.15) is 5.56 Å². The van der Waals surface area contributed by atoms with Crippen molar-refractivity contribution >= 4 is 21.7 Å². The number of nitrogens with zero attached hydrogens (tertiary/aromatic N) is 5. The number of anilines is 1. The van der Waals surface area contributed by atoms with Gasteiger partial charge in [-0.3, -0.25) is 0 Å². The number of nitrogens with two attached hydrogens (primary N) is 1. The first kappa shape index (κ1) is 15.5. The lowest BCUT2D eigenvalue weighted by Crippen LogP contribution is -2.02. The van der Waals surface area contributed by atoms with Gasteiger partial charge in [-0.2, -0.15) is 9.67 Å². The highest BCUT2D eigenvalue weighted by Crippen LogP contribution is 2.26. The van der Waals surface area contributed by atoms with Crippen molar-refractivity contribution in [3.8, 4) is 28.7 Å². The molecule has 0 fully saturated rings. The second kappa shape index (κ2) is 6.14. The first-order valence-electron chi connectivity index (χ1n) is 7.50. The summed E-state index contributed by atoms with van der Waals surface area (Å²) in [5, 5.41) is 12.2. The Balaban J connectivity index is 1.69. The molecule has 0 aliphatic carbocycles. The summed E-state index contributed by atoms with van der Waals surface area (Å²) in [6.45, 7) is 2.02. The fourth-order valence-electron chi connectivity index (χ4n) is 2.35. The Kier molecular flexibility index (Phi) is 3.81. The molecule has 25 heavy (non-hydrogen) atoms. The Morgan fingerprint density at radius 3 is 2.48 bits per heavy atom.